The number of benzene rings is 1. The van der Waals surface area contributed by atoms with E-state index < -0.39 is 0 Å². The number of hydrogen-bond donors (Lipinski definition) is 2. The molecule has 1 aromatic carbocycles. The first-order valence-corrected chi connectivity index (χ1v) is 8.13. The van der Waals surface area contributed by atoms with E-state index in [2.05, 4.69) is 29.7 Å². The number of anilines is 1. The van der Waals surface area contributed by atoms with E-state index >= 15 is 0 Å². The minimum Gasteiger partial charge on any atom is -0.326 e. The van der Waals surface area contributed by atoms with E-state index in [1.165, 1.54) is 16.3 Å². The Morgan fingerprint density at radius 2 is 2.29 bits per heavy atom. The maximum atomic E-state index is 11.5. The number of amides is 1. The van der Waals surface area contributed by atoms with Crippen LogP contribution in [0.15, 0.2) is 18.2 Å². The number of aryl methyl sites for hydroxylation is 1. The van der Waals surface area contributed by atoms with Gasteiger partial charge in [0.2, 0.25) is 5.91 Å². The van der Waals surface area contributed by atoms with Gasteiger partial charge in [-0.15, -0.1) is 11.3 Å². The number of fused-ring (bicyclic) bond motifs is 1. The van der Waals surface area contributed by atoms with Crippen molar-refractivity contribution in [3.63, 3.8) is 0 Å². The average molecular weight is 299 g/mol. The second-order valence-corrected chi connectivity index (χ2v) is 6.98. The molecule has 0 radical (unpaired) electrons. The fraction of sp³-hybridized carbons (Fsp3) is 0.375. The number of thiazole rings is 1. The molecular formula is C16H17N3OS. The van der Waals surface area contributed by atoms with Gasteiger partial charge in [-0.25, -0.2) is 4.98 Å². The molecule has 1 fully saturated rings. The molecule has 5 heteroatoms. The van der Waals surface area contributed by atoms with Crippen LogP contribution in [0.5, 0.6) is 0 Å². The van der Waals surface area contributed by atoms with Gasteiger partial charge in [0.25, 0.3) is 0 Å². The van der Waals surface area contributed by atoms with Crippen LogP contribution in [-0.2, 0) is 11.2 Å². The molecule has 1 atom stereocenters. The normalized spacial score (nSPS) is 20.6. The highest BCUT2D eigenvalue weighted by Gasteiger charge is 2.23. The Hall–Kier alpha value is -1.72. The molecular weight excluding hydrogens is 282 g/mol. The zero-order valence-corrected chi connectivity index (χ0v) is 12.7. The van der Waals surface area contributed by atoms with Crippen molar-refractivity contribution in [3.8, 4) is 11.3 Å². The van der Waals surface area contributed by atoms with Crippen LogP contribution in [0.3, 0.4) is 0 Å². The molecule has 0 saturated carbocycles. The molecule has 0 aliphatic carbocycles. The van der Waals surface area contributed by atoms with Crippen LogP contribution in [0, 0.1) is 6.92 Å². The summed E-state index contributed by atoms with van der Waals surface area (Å²) in [6.45, 7) is 4.26. The van der Waals surface area contributed by atoms with Crippen molar-refractivity contribution in [2.75, 3.05) is 18.4 Å². The third kappa shape index (κ3) is 2.26. The first-order valence-electron chi connectivity index (χ1n) is 7.32. The molecule has 2 aliphatic heterocycles. The minimum absolute atomic E-state index is 0.0786. The lowest BCUT2D eigenvalue weighted by molar-refractivity contribution is -0.115. The largest absolute Gasteiger partial charge is 0.326 e. The van der Waals surface area contributed by atoms with Gasteiger partial charge in [0.05, 0.1) is 17.1 Å². The predicted molar refractivity (Wildman–Crippen MR) is 84.8 cm³/mol. The molecule has 2 N–H and O–H groups in total. The van der Waals surface area contributed by atoms with E-state index in [1.54, 1.807) is 11.3 Å². The molecule has 2 aliphatic rings. The van der Waals surface area contributed by atoms with E-state index in [4.69, 9.17) is 4.98 Å². The summed E-state index contributed by atoms with van der Waals surface area (Å²) in [6, 6.07) is 6.15. The fourth-order valence-corrected chi connectivity index (χ4v) is 4.18. The van der Waals surface area contributed by atoms with Crippen molar-refractivity contribution in [2.24, 2.45) is 0 Å². The number of aromatic nitrogens is 1. The topological polar surface area (TPSA) is 54.0 Å². The van der Waals surface area contributed by atoms with E-state index in [0.29, 0.717) is 12.3 Å². The average Bonchev–Trinajstić information content (AvgIpc) is 3.15. The lowest BCUT2D eigenvalue weighted by Gasteiger charge is -2.04. The molecule has 4 nitrogen and oxygen atoms in total. The zero-order valence-electron chi connectivity index (χ0n) is 11.9. The third-order valence-electron chi connectivity index (χ3n) is 4.23. The maximum Gasteiger partial charge on any atom is 0.228 e. The van der Waals surface area contributed by atoms with Gasteiger partial charge >= 0.3 is 0 Å². The van der Waals surface area contributed by atoms with Crippen LogP contribution in [0.2, 0.25) is 0 Å². The van der Waals surface area contributed by atoms with Crippen LogP contribution in [-0.4, -0.2) is 24.0 Å². The monoisotopic (exact) mass is 299 g/mol. The van der Waals surface area contributed by atoms with Crippen LogP contribution in [0.4, 0.5) is 5.69 Å². The molecule has 1 unspecified atom stereocenters. The van der Waals surface area contributed by atoms with E-state index in [1.807, 2.05) is 6.07 Å². The molecule has 4 rings (SSSR count). The first-order chi connectivity index (χ1) is 10.2. The lowest BCUT2D eigenvalue weighted by atomic mass is 10.1. The molecule has 1 amide bonds. The summed E-state index contributed by atoms with van der Waals surface area (Å²) in [7, 11) is 0. The summed E-state index contributed by atoms with van der Waals surface area (Å²) in [5.41, 5.74) is 4.21. The number of nitrogens with one attached hydrogen (secondary N) is 2. The number of carbonyl (C=O) groups is 1. The minimum atomic E-state index is 0.0786. The number of carbonyl (C=O) groups excluding carboxylic acids is 1. The Bertz CT molecular complexity index is 716. The fourth-order valence-electron chi connectivity index (χ4n) is 3.10. The predicted octanol–water partition coefficient (Wildman–Crippen LogP) is 2.69. The molecule has 0 bridgehead atoms. The molecule has 21 heavy (non-hydrogen) atoms. The van der Waals surface area contributed by atoms with E-state index in [0.717, 1.165) is 35.6 Å². The summed E-state index contributed by atoms with van der Waals surface area (Å²) in [6.07, 6.45) is 1.65. The SMILES string of the molecule is Cc1sc(C2CCNC2)nc1-c1ccc2c(c1)CC(=O)N2. The highest BCUT2D eigenvalue weighted by atomic mass is 32.1. The molecule has 1 aromatic heterocycles. The van der Waals surface area contributed by atoms with Crippen molar-refractivity contribution >= 4 is 22.9 Å². The maximum absolute atomic E-state index is 11.5. The van der Waals surface area contributed by atoms with Crippen molar-refractivity contribution in [1.82, 2.24) is 10.3 Å². The van der Waals surface area contributed by atoms with Gasteiger partial charge in [-0.2, -0.15) is 0 Å². The summed E-state index contributed by atoms with van der Waals surface area (Å²) >= 11 is 1.81. The molecule has 1 saturated heterocycles. The van der Waals surface area contributed by atoms with Gasteiger partial charge in [-0.05, 0) is 37.6 Å². The zero-order chi connectivity index (χ0) is 14.4. The van der Waals surface area contributed by atoms with Gasteiger partial charge < -0.3 is 10.6 Å². The molecule has 3 heterocycles. The Balaban J connectivity index is 1.70. The van der Waals surface area contributed by atoms with E-state index in [-0.39, 0.29) is 5.91 Å². The number of hydrogen-bond acceptors (Lipinski definition) is 4. The molecule has 108 valence electrons. The summed E-state index contributed by atoms with van der Waals surface area (Å²) in [5, 5.41) is 7.51. The highest BCUT2D eigenvalue weighted by molar-refractivity contribution is 7.12. The second kappa shape index (κ2) is 4.93. The van der Waals surface area contributed by atoms with Crippen LogP contribution in [0.25, 0.3) is 11.3 Å². The Kier molecular flexibility index (Phi) is 3.05. The Morgan fingerprint density at radius 1 is 1.38 bits per heavy atom. The van der Waals surface area contributed by atoms with Gasteiger partial charge in [-0.3, -0.25) is 4.79 Å². The first kappa shape index (κ1) is 13.0. The standard InChI is InChI=1S/C16H17N3OS/c1-9-15(19-16(21-9)11-4-5-17-8-11)10-2-3-13-12(6-10)7-14(20)18-13/h2-3,6,11,17H,4-5,7-8H2,1H3,(H,18,20). The Labute approximate surface area is 127 Å². The van der Waals surface area contributed by atoms with Gasteiger partial charge in [0, 0.05) is 28.6 Å². The third-order valence-corrected chi connectivity index (χ3v) is 5.36. The van der Waals surface area contributed by atoms with Crippen LogP contribution >= 0.6 is 11.3 Å². The van der Waals surface area contributed by atoms with Crippen molar-refractivity contribution < 1.29 is 4.79 Å². The molecule has 2 aromatic rings. The number of rotatable bonds is 2. The summed E-state index contributed by atoms with van der Waals surface area (Å²) in [5.74, 6) is 0.634. The lowest BCUT2D eigenvalue weighted by Crippen LogP contribution is -2.07. The van der Waals surface area contributed by atoms with E-state index in [9.17, 15) is 4.79 Å². The van der Waals surface area contributed by atoms with Gasteiger partial charge in [0.15, 0.2) is 0 Å². The van der Waals surface area contributed by atoms with Crippen molar-refractivity contribution in [2.45, 2.75) is 25.7 Å². The van der Waals surface area contributed by atoms with Crippen LogP contribution < -0.4 is 10.6 Å². The van der Waals surface area contributed by atoms with Crippen molar-refractivity contribution in [1.29, 1.82) is 0 Å². The van der Waals surface area contributed by atoms with Gasteiger partial charge in [0.1, 0.15) is 0 Å². The van der Waals surface area contributed by atoms with Crippen LogP contribution in [0.1, 0.15) is 27.8 Å². The highest BCUT2D eigenvalue weighted by Crippen LogP contribution is 2.35. The summed E-state index contributed by atoms with van der Waals surface area (Å²) in [4.78, 5) is 17.6. The number of nitrogens with zero attached hydrogens (tertiary/aromatic N) is 1. The Morgan fingerprint density at radius 3 is 3.10 bits per heavy atom. The second-order valence-electron chi connectivity index (χ2n) is 5.74. The van der Waals surface area contributed by atoms with Gasteiger partial charge in [-0.1, -0.05) is 6.07 Å². The smallest absolute Gasteiger partial charge is 0.228 e. The van der Waals surface area contributed by atoms with Crippen molar-refractivity contribution in [3.05, 3.63) is 33.6 Å². The quantitative estimate of drug-likeness (QED) is 0.896. The summed E-state index contributed by atoms with van der Waals surface area (Å²) < 4.78 is 0. The molecule has 0 spiro atoms.